The molecule has 1 heteroatoms. The van der Waals surface area contributed by atoms with Crippen LogP contribution in [0.3, 0.4) is 0 Å². The van der Waals surface area contributed by atoms with Gasteiger partial charge in [-0.05, 0) is 12.1 Å². The molecule has 1 aliphatic heterocycles. The molecule has 0 amide bonds. The zero-order chi connectivity index (χ0) is 10.7. The third kappa shape index (κ3) is 2.38. The zero-order valence-corrected chi connectivity index (χ0v) is 9.14. The van der Waals surface area contributed by atoms with Crippen molar-refractivity contribution in [1.82, 2.24) is 4.58 Å². The highest BCUT2D eigenvalue weighted by Crippen LogP contribution is 2.10. The summed E-state index contributed by atoms with van der Waals surface area (Å²) in [7, 11) is 0. The predicted molar refractivity (Wildman–Crippen MR) is 63.5 cm³/mol. The first-order valence-corrected chi connectivity index (χ1v) is 5.14. The lowest BCUT2D eigenvalue weighted by atomic mass is 10.1. The number of rotatable bonds is 0. The van der Waals surface area contributed by atoms with E-state index >= 15 is 0 Å². The molecular formula is C14H15N. The Morgan fingerprint density at radius 3 is 2.27 bits per heavy atom. The Bertz CT molecular complexity index is 471. The van der Waals surface area contributed by atoms with Gasteiger partial charge >= 0.3 is 0 Å². The van der Waals surface area contributed by atoms with Crippen molar-refractivity contribution in [3.63, 3.8) is 0 Å². The normalized spacial score (nSPS) is 15.2. The smallest absolute Gasteiger partial charge is 0.132 e. The van der Waals surface area contributed by atoms with Gasteiger partial charge in [-0.25, -0.2) is 0 Å². The molecule has 1 heterocycles. The molecular weight excluding hydrogens is 182 g/mol. The molecule has 0 saturated carbocycles. The minimum absolute atomic E-state index is 1.19. The average Bonchev–Trinajstić information content (AvgIpc) is 2.43. The molecule has 2 rings (SSSR count). The highest BCUT2D eigenvalue weighted by molar-refractivity contribution is 5.30. The second-order valence-corrected chi connectivity index (χ2v) is 3.83. The molecule has 0 aliphatic carbocycles. The molecule has 0 atom stereocenters. The van der Waals surface area contributed by atoms with Crippen LogP contribution in [0, 0.1) is 6.54 Å². The van der Waals surface area contributed by atoms with E-state index in [0.29, 0.717) is 0 Å². The number of allylic oxidation sites excluding steroid dienone is 2. The molecule has 1 aliphatic rings. The van der Waals surface area contributed by atoms with Crippen LogP contribution in [-0.2, 0) is 0 Å². The van der Waals surface area contributed by atoms with E-state index in [0.717, 1.165) is 0 Å². The van der Waals surface area contributed by atoms with Crippen LogP contribution in [0.1, 0.15) is 13.8 Å². The Balaban J connectivity index is 2.58. The van der Waals surface area contributed by atoms with Crippen molar-refractivity contribution < 1.29 is 0 Å². The van der Waals surface area contributed by atoms with Crippen molar-refractivity contribution >= 4 is 0 Å². The van der Waals surface area contributed by atoms with Gasteiger partial charge in [-0.1, -0.05) is 49.3 Å². The summed E-state index contributed by atoms with van der Waals surface area (Å²) < 4.78 is 2.16. The monoisotopic (exact) mass is 197 g/mol. The molecule has 0 N–H and O–H groups in total. The fraction of sp³-hybridized carbons (Fsp3) is 0.143. The van der Waals surface area contributed by atoms with Crippen LogP contribution in [-0.4, -0.2) is 0 Å². The van der Waals surface area contributed by atoms with Crippen molar-refractivity contribution in [2.75, 3.05) is 0 Å². The second kappa shape index (κ2) is 4.18. The van der Waals surface area contributed by atoms with E-state index in [9.17, 15) is 0 Å². The fourth-order valence-corrected chi connectivity index (χ4v) is 1.72. The van der Waals surface area contributed by atoms with Crippen LogP contribution in [0.5, 0.6) is 0 Å². The van der Waals surface area contributed by atoms with E-state index in [1.54, 1.807) is 0 Å². The van der Waals surface area contributed by atoms with Crippen LogP contribution < -0.4 is 9.93 Å². The first-order valence-electron chi connectivity index (χ1n) is 5.14. The van der Waals surface area contributed by atoms with Crippen LogP contribution in [0.4, 0.5) is 0 Å². The van der Waals surface area contributed by atoms with Gasteiger partial charge in [0.25, 0.3) is 0 Å². The lowest BCUT2D eigenvalue weighted by Gasteiger charge is -2.12. The molecule has 0 bridgehead atoms. The zero-order valence-electron chi connectivity index (χ0n) is 9.14. The number of hydrogen-bond donors (Lipinski definition) is 0. The van der Waals surface area contributed by atoms with Gasteiger partial charge in [-0.2, -0.15) is 0 Å². The van der Waals surface area contributed by atoms with Gasteiger partial charge in [0.2, 0.25) is 0 Å². The summed E-state index contributed by atoms with van der Waals surface area (Å²) in [5.74, 6) is 0. The van der Waals surface area contributed by atoms with Gasteiger partial charge in [0.15, 0.2) is 0 Å². The maximum Gasteiger partial charge on any atom is 0.132 e. The van der Waals surface area contributed by atoms with E-state index in [1.807, 2.05) is 12.1 Å². The van der Waals surface area contributed by atoms with E-state index in [2.05, 4.69) is 61.5 Å². The Morgan fingerprint density at radius 1 is 1.00 bits per heavy atom. The second-order valence-electron chi connectivity index (χ2n) is 3.83. The molecule has 1 aromatic rings. The Hall–Kier alpha value is -1.76. The van der Waals surface area contributed by atoms with Gasteiger partial charge < -0.3 is 0 Å². The van der Waals surface area contributed by atoms with Gasteiger partial charge in [0.05, 0.1) is 12.7 Å². The topological polar surface area (TPSA) is 3.01 Å². The maximum absolute atomic E-state index is 2.18. The Labute approximate surface area is 90.7 Å². The van der Waals surface area contributed by atoms with Crippen LogP contribution in [0.25, 0.3) is 0 Å². The van der Waals surface area contributed by atoms with Crippen LogP contribution in [0.15, 0.2) is 59.8 Å². The van der Waals surface area contributed by atoms with E-state index in [4.69, 9.17) is 0 Å². The van der Waals surface area contributed by atoms with E-state index in [-0.39, 0.29) is 0 Å². The fourth-order valence-electron chi connectivity index (χ4n) is 1.72. The van der Waals surface area contributed by atoms with Crippen LogP contribution in [0.2, 0.25) is 0 Å². The third-order valence-electron chi connectivity index (χ3n) is 2.31. The minimum Gasteiger partial charge on any atom is -0.288 e. The van der Waals surface area contributed by atoms with Crippen molar-refractivity contribution in [2.45, 2.75) is 13.8 Å². The number of nitrogens with zero attached hydrogens (tertiary/aromatic N) is 1. The lowest BCUT2D eigenvalue weighted by molar-refractivity contribution is 0.847. The summed E-state index contributed by atoms with van der Waals surface area (Å²) in [6, 6.07) is 12.4. The highest BCUT2D eigenvalue weighted by Gasteiger charge is 2.02. The quantitative estimate of drug-likeness (QED) is 0.444. The Kier molecular flexibility index (Phi) is 2.72. The molecule has 0 aromatic heterocycles. The van der Waals surface area contributed by atoms with E-state index < -0.39 is 0 Å². The third-order valence-corrected chi connectivity index (χ3v) is 2.31. The summed E-state index contributed by atoms with van der Waals surface area (Å²) in [5, 5.41) is 1.19. The highest BCUT2D eigenvalue weighted by atomic mass is 15.0. The summed E-state index contributed by atoms with van der Waals surface area (Å²) >= 11 is 0. The van der Waals surface area contributed by atoms with Crippen molar-refractivity contribution in [2.24, 2.45) is 0 Å². The lowest BCUT2D eigenvalue weighted by Crippen LogP contribution is -2.23. The van der Waals surface area contributed by atoms with Crippen molar-refractivity contribution in [1.29, 1.82) is 0 Å². The van der Waals surface area contributed by atoms with Crippen molar-refractivity contribution in [3.05, 3.63) is 71.7 Å². The molecule has 0 saturated heterocycles. The van der Waals surface area contributed by atoms with Gasteiger partial charge in [0, 0.05) is 0 Å². The van der Waals surface area contributed by atoms with E-state index in [1.165, 1.54) is 16.5 Å². The molecule has 76 valence electrons. The molecule has 1 nitrogen and oxygen atoms in total. The summed E-state index contributed by atoms with van der Waals surface area (Å²) in [4.78, 5) is 0. The van der Waals surface area contributed by atoms with Crippen molar-refractivity contribution in [3.8, 4) is 0 Å². The predicted octanol–water partition coefficient (Wildman–Crippen LogP) is 2.48. The first-order chi connectivity index (χ1) is 7.25. The average molecular weight is 197 g/mol. The molecule has 0 fully saturated rings. The minimum atomic E-state index is 1.19. The maximum atomic E-state index is 2.18. The SMILES string of the molecule is CC1=C[N+](=c2cccccc2)[CH-]C(C)=C1. The molecule has 0 unspecified atom stereocenters. The Morgan fingerprint density at radius 2 is 1.67 bits per heavy atom. The summed E-state index contributed by atoms with van der Waals surface area (Å²) in [5.41, 5.74) is 2.56. The van der Waals surface area contributed by atoms with Crippen LogP contribution >= 0.6 is 0 Å². The largest absolute Gasteiger partial charge is 0.288 e. The first kappa shape index (κ1) is 9.78. The van der Waals surface area contributed by atoms with Gasteiger partial charge in [0.1, 0.15) is 5.36 Å². The summed E-state index contributed by atoms with van der Waals surface area (Å²) in [6.07, 6.45) is 4.32. The molecule has 15 heavy (non-hydrogen) atoms. The number of hydrogen-bond acceptors (Lipinski definition) is 0. The van der Waals surface area contributed by atoms with Gasteiger partial charge in [-0.15, -0.1) is 6.08 Å². The van der Waals surface area contributed by atoms with Gasteiger partial charge in [-0.3, -0.25) is 4.58 Å². The standard InChI is InChI=1S/C14H15N/c1-12-9-13(2)11-15(10-12)14-7-5-3-4-6-8-14/h3-11H,1-2H3. The molecule has 0 radical (unpaired) electrons. The molecule has 0 spiro atoms. The summed E-state index contributed by atoms with van der Waals surface area (Å²) in [6.45, 7) is 6.38. The molecule has 1 aromatic carbocycles.